The van der Waals surface area contributed by atoms with E-state index in [4.69, 9.17) is 0 Å². The summed E-state index contributed by atoms with van der Waals surface area (Å²) in [5, 5.41) is 16.6. The van der Waals surface area contributed by atoms with E-state index >= 15 is 0 Å². The average molecular weight is 350 g/mol. The maximum absolute atomic E-state index is 12.2. The van der Waals surface area contributed by atoms with Crippen LogP contribution in [0, 0.1) is 11.3 Å². The molecule has 0 fully saturated rings. The molecule has 8 heteroatoms. The Morgan fingerprint density at radius 2 is 1.85 bits per heavy atom. The van der Waals surface area contributed by atoms with E-state index in [1.807, 2.05) is 47.3 Å². The summed E-state index contributed by atoms with van der Waals surface area (Å²) >= 11 is 0. The molecule has 0 bridgehead atoms. The summed E-state index contributed by atoms with van der Waals surface area (Å²) in [5.41, 5.74) is 0.861. The van der Waals surface area contributed by atoms with Crippen LogP contribution in [0.25, 0.3) is 0 Å². The average Bonchev–Trinajstić information content (AvgIpc) is 3.16. The lowest BCUT2D eigenvalue weighted by atomic mass is 10.1. The highest BCUT2D eigenvalue weighted by atomic mass is 16.2. The van der Waals surface area contributed by atoms with Crippen molar-refractivity contribution in [1.82, 2.24) is 18.9 Å². The van der Waals surface area contributed by atoms with Crippen LogP contribution in [-0.4, -0.2) is 18.9 Å². The number of nitrogens with zero attached hydrogens (tertiary/aromatic N) is 5. The lowest BCUT2D eigenvalue weighted by Gasteiger charge is -2.15. The molecule has 0 aliphatic carbocycles. The first-order valence-corrected chi connectivity index (χ1v) is 8.01. The van der Waals surface area contributed by atoms with Crippen molar-refractivity contribution in [3.63, 3.8) is 0 Å². The lowest BCUT2D eigenvalue weighted by molar-refractivity contribution is 0.677. The molecule has 26 heavy (non-hydrogen) atoms. The van der Waals surface area contributed by atoms with Crippen LogP contribution < -0.4 is 16.6 Å². The first-order valence-electron chi connectivity index (χ1n) is 8.01. The standard InChI is InChI=1S/C18H18N6O2/c1-22-16(15(10-19)17(25)23(2)18(22)26)20-11-13-6-3-4-7-14(13)12-24-9-5-8-21-24/h3-9,20H,11-12H2,1-2H3. The lowest BCUT2D eigenvalue weighted by Crippen LogP contribution is -2.39. The Morgan fingerprint density at radius 3 is 2.50 bits per heavy atom. The van der Waals surface area contributed by atoms with Crippen molar-refractivity contribution >= 4 is 5.82 Å². The number of hydrogen-bond acceptors (Lipinski definition) is 5. The van der Waals surface area contributed by atoms with E-state index in [1.54, 1.807) is 6.20 Å². The molecule has 8 nitrogen and oxygen atoms in total. The fourth-order valence-corrected chi connectivity index (χ4v) is 2.78. The van der Waals surface area contributed by atoms with Gasteiger partial charge in [0.2, 0.25) is 0 Å². The van der Waals surface area contributed by atoms with E-state index in [0.717, 1.165) is 15.7 Å². The van der Waals surface area contributed by atoms with Crippen LogP contribution >= 0.6 is 0 Å². The summed E-state index contributed by atoms with van der Waals surface area (Å²) in [5.74, 6) is 0.217. The monoisotopic (exact) mass is 350 g/mol. The summed E-state index contributed by atoms with van der Waals surface area (Å²) in [6, 6.07) is 11.6. The maximum Gasteiger partial charge on any atom is 0.332 e. The largest absolute Gasteiger partial charge is 0.366 e. The molecule has 0 unspecified atom stereocenters. The molecule has 0 saturated carbocycles. The Morgan fingerprint density at radius 1 is 1.12 bits per heavy atom. The van der Waals surface area contributed by atoms with Crippen molar-refractivity contribution in [3.05, 3.63) is 80.3 Å². The molecule has 132 valence electrons. The van der Waals surface area contributed by atoms with Crippen molar-refractivity contribution in [2.24, 2.45) is 14.1 Å². The zero-order valence-corrected chi connectivity index (χ0v) is 14.5. The fourth-order valence-electron chi connectivity index (χ4n) is 2.78. The molecule has 0 aliphatic heterocycles. The van der Waals surface area contributed by atoms with Gasteiger partial charge >= 0.3 is 5.69 Å². The van der Waals surface area contributed by atoms with E-state index in [1.165, 1.54) is 18.7 Å². The third-order valence-electron chi connectivity index (χ3n) is 4.23. The third kappa shape index (κ3) is 3.15. The van der Waals surface area contributed by atoms with E-state index in [0.29, 0.717) is 13.1 Å². The van der Waals surface area contributed by atoms with Gasteiger partial charge in [0.15, 0.2) is 5.56 Å². The number of rotatable bonds is 5. The SMILES string of the molecule is Cn1c(NCc2ccccc2Cn2cccn2)c(C#N)c(=O)n(C)c1=O. The summed E-state index contributed by atoms with van der Waals surface area (Å²) in [6.45, 7) is 0.970. The predicted molar refractivity (Wildman–Crippen MR) is 96.7 cm³/mol. The van der Waals surface area contributed by atoms with Crippen LogP contribution in [0.5, 0.6) is 0 Å². The molecular weight excluding hydrogens is 332 g/mol. The van der Waals surface area contributed by atoms with Crippen molar-refractivity contribution in [1.29, 1.82) is 5.26 Å². The zero-order valence-electron chi connectivity index (χ0n) is 14.5. The van der Waals surface area contributed by atoms with Crippen molar-refractivity contribution < 1.29 is 0 Å². The molecular formula is C18H18N6O2. The van der Waals surface area contributed by atoms with Crippen molar-refractivity contribution in [2.75, 3.05) is 5.32 Å². The van der Waals surface area contributed by atoms with Gasteiger partial charge in [-0.25, -0.2) is 4.79 Å². The number of aromatic nitrogens is 4. The van der Waals surface area contributed by atoms with Gasteiger partial charge in [0, 0.05) is 33.0 Å². The smallest absolute Gasteiger partial charge is 0.332 e. The van der Waals surface area contributed by atoms with E-state index < -0.39 is 11.2 Å². The molecule has 2 aromatic heterocycles. The Kier molecular flexibility index (Phi) is 4.71. The highest BCUT2D eigenvalue weighted by molar-refractivity contribution is 5.51. The highest BCUT2D eigenvalue weighted by Gasteiger charge is 2.15. The van der Waals surface area contributed by atoms with Crippen LogP contribution in [0.4, 0.5) is 5.82 Å². The number of hydrogen-bond donors (Lipinski definition) is 1. The quantitative estimate of drug-likeness (QED) is 0.734. The van der Waals surface area contributed by atoms with Gasteiger partial charge in [0.25, 0.3) is 5.56 Å². The molecule has 0 radical (unpaired) electrons. The minimum Gasteiger partial charge on any atom is -0.366 e. The zero-order chi connectivity index (χ0) is 18.7. The first kappa shape index (κ1) is 17.2. The highest BCUT2D eigenvalue weighted by Crippen LogP contribution is 2.14. The normalized spacial score (nSPS) is 10.5. The second-order valence-electron chi connectivity index (χ2n) is 5.87. The molecule has 0 spiro atoms. The molecule has 2 heterocycles. The minimum atomic E-state index is -0.608. The van der Waals surface area contributed by atoms with E-state index in [9.17, 15) is 14.9 Å². The van der Waals surface area contributed by atoms with Crippen molar-refractivity contribution in [3.8, 4) is 6.07 Å². The molecule has 1 aromatic carbocycles. The topological polar surface area (TPSA) is 97.6 Å². The van der Waals surface area contributed by atoms with Crippen LogP contribution in [-0.2, 0) is 27.2 Å². The van der Waals surface area contributed by atoms with Gasteiger partial charge in [0.1, 0.15) is 11.9 Å². The van der Waals surface area contributed by atoms with Gasteiger partial charge in [-0.2, -0.15) is 10.4 Å². The van der Waals surface area contributed by atoms with Crippen molar-refractivity contribution in [2.45, 2.75) is 13.1 Å². The van der Waals surface area contributed by atoms with Gasteiger partial charge in [-0.05, 0) is 17.2 Å². The molecule has 0 saturated heterocycles. The molecule has 3 aromatic rings. The minimum absolute atomic E-state index is 0.0841. The Labute approximate surface area is 149 Å². The number of benzene rings is 1. The summed E-state index contributed by atoms with van der Waals surface area (Å²) in [4.78, 5) is 24.3. The van der Waals surface area contributed by atoms with E-state index in [-0.39, 0.29) is 11.4 Å². The van der Waals surface area contributed by atoms with Gasteiger partial charge in [0.05, 0.1) is 6.54 Å². The Balaban J connectivity index is 1.93. The van der Waals surface area contributed by atoms with Gasteiger partial charge < -0.3 is 5.32 Å². The van der Waals surface area contributed by atoms with Crippen LogP contribution in [0.15, 0.2) is 52.3 Å². The van der Waals surface area contributed by atoms with E-state index in [2.05, 4.69) is 10.4 Å². The predicted octanol–water partition coefficient (Wildman–Crippen LogP) is 0.813. The van der Waals surface area contributed by atoms with Gasteiger partial charge in [-0.15, -0.1) is 0 Å². The molecule has 0 amide bonds. The number of nitrogens with one attached hydrogen (secondary N) is 1. The fraction of sp³-hybridized carbons (Fsp3) is 0.222. The van der Waals surface area contributed by atoms with Crippen LogP contribution in [0.1, 0.15) is 16.7 Å². The van der Waals surface area contributed by atoms with Gasteiger partial charge in [-0.3, -0.25) is 18.6 Å². The molecule has 1 N–H and O–H groups in total. The first-order chi connectivity index (χ1) is 12.5. The molecule has 0 atom stereocenters. The maximum atomic E-state index is 12.2. The Bertz CT molecular complexity index is 1090. The molecule has 3 rings (SSSR count). The summed E-state index contributed by atoms with van der Waals surface area (Å²) in [7, 11) is 2.88. The summed E-state index contributed by atoms with van der Waals surface area (Å²) < 4.78 is 4.01. The van der Waals surface area contributed by atoms with Gasteiger partial charge in [-0.1, -0.05) is 24.3 Å². The summed E-state index contributed by atoms with van der Waals surface area (Å²) in [6.07, 6.45) is 3.60. The molecule has 0 aliphatic rings. The second-order valence-corrected chi connectivity index (χ2v) is 5.87. The third-order valence-corrected chi connectivity index (χ3v) is 4.23. The van der Waals surface area contributed by atoms with Crippen LogP contribution in [0.2, 0.25) is 0 Å². The second kappa shape index (κ2) is 7.11. The number of anilines is 1. The number of nitriles is 1. The Hall–Kier alpha value is -3.60. The van der Waals surface area contributed by atoms with Crippen LogP contribution in [0.3, 0.4) is 0 Å².